The van der Waals surface area contributed by atoms with Crippen LogP contribution in [0.25, 0.3) is 0 Å². The summed E-state index contributed by atoms with van der Waals surface area (Å²) in [6, 6.07) is 0. The van der Waals surface area contributed by atoms with Crippen LogP contribution in [0.4, 0.5) is 0 Å². The molecular weight excluding hydrogens is 484 g/mol. The molecule has 0 aromatic rings. The van der Waals surface area contributed by atoms with E-state index >= 15 is 0 Å². The van der Waals surface area contributed by atoms with Crippen molar-refractivity contribution in [2.75, 3.05) is 0 Å². The molecule has 2 saturated carbocycles. The van der Waals surface area contributed by atoms with Gasteiger partial charge in [0.2, 0.25) is 0 Å². The molecule has 0 amide bonds. The molecule has 10 nitrogen and oxygen atoms in total. The molecule has 0 aromatic carbocycles. The summed E-state index contributed by atoms with van der Waals surface area (Å²) in [5, 5.41) is 11.6. The Morgan fingerprint density at radius 3 is 2.30 bits per heavy atom. The highest BCUT2D eigenvalue weighted by molar-refractivity contribution is 5.92. The van der Waals surface area contributed by atoms with Crippen LogP contribution in [0.1, 0.15) is 61.3 Å². The molecule has 0 radical (unpaired) electrons. The molecule has 10 atom stereocenters. The van der Waals surface area contributed by atoms with Crippen LogP contribution in [0, 0.1) is 17.3 Å². The molecule has 0 spiro atoms. The summed E-state index contributed by atoms with van der Waals surface area (Å²) >= 11 is 0. The van der Waals surface area contributed by atoms with Crippen molar-refractivity contribution in [3.8, 4) is 0 Å². The summed E-state index contributed by atoms with van der Waals surface area (Å²) in [7, 11) is 0. The maximum atomic E-state index is 13.3. The molecule has 4 aliphatic rings. The Morgan fingerprint density at radius 2 is 1.76 bits per heavy atom. The quantitative estimate of drug-likeness (QED) is 0.248. The summed E-state index contributed by atoms with van der Waals surface area (Å²) in [5.41, 5.74) is -3.53. The topological polar surface area (TPSA) is 138 Å². The van der Waals surface area contributed by atoms with Crippen LogP contribution in [-0.4, -0.2) is 70.7 Å². The molecule has 0 bridgehead atoms. The summed E-state index contributed by atoms with van der Waals surface area (Å²) in [6.45, 7) is 15.1. The van der Waals surface area contributed by atoms with Crippen LogP contribution in [0.5, 0.6) is 0 Å². The van der Waals surface area contributed by atoms with Gasteiger partial charge in [0, 0.05) is 24.0 Å². The summed E-state index contributed by atoms with van der Waals surface area (Å²) in [4.78, 5) is 51.3. The minimum atomic E-state index is -1.39. The summed E-state index contributed by atoms with van der Waals surface area (Å²) in [6.07, 6.45) is -2.54. The van der Waals surface area contributed by atoms with E-state index in [0.29, 0.717) is 5.57 Å². The lowest BCUT2D eigenvalue weighted by Crippen LogP contribution is -2.72. The fraction of sp³-hybridized carbons (Fsp3) is 0.704. The third-order valence-corrected chi connectivity index (χ3v) is 8.89. The Labute approximate surface area is 216 Å². The lowest BCUT2D eigenvalue weighted by molar-refractivity contribution is -0.279. The number of esters is 4. The number of ether oxygens (including phenoxy) is 5. The first kappa shape index (κ1) is 27.3. The highest BCUT2D eigenvalue weighted by Crippen LogP contribution is 2.61. The van der Waals surface area contributed by atoms with Crippen LogP contribution >= 0.6 is 0 Å². The zero-order valence-electron chi connectivity index (χ0n) is 22.4. The second kappa shape index (κ2) is 8.94. The van der Waals surface area contributed by atoms with Crippen molar-refractivity contribution in [2.45, 2.75) is 103 Å². The molecule has 0 aromatic heterocycles. The van der Waals surface area contributed by atoms with Gasteiger partial charge < -0.3 is 28.8 Å². The minimum absolute atomic E-state index is 0.0500. The van der Waals surface area contributed by atoms with Crippen molar-refractivity contribution >= 4 is 23.9 Å². The van der Waals surface area contributed by atoms with E-state index in [0.717, 1.165) is 0 Å². The maximum Gasteiger partial charge on any atom is 0.341 e. The first-order valence-corrected chi connectivity index (χ1v) is 12.6. The Balaban J connectivity index is 1.90. The highest BCUT2D eigenvalue weighted by Gasteiger charge is 2.73. The van der Waals surface area contributed by atoms with Gasteiger partial charge in [-0.2, -0.15) is 0 Å². The number of hydrogen-bond acceptors (Lipinski definition) is 10. The molecule has 10 heteroatoms. The lowest BCUT2D eigenvalue weighted by atomic mass is 9.49. The minimum Gasteiger partial charge on any atom is -0.462 e. The zero-order chi connectivity index (χ0) is 27.7. The van der Waals surface area contributed by atoms with Gasteiger partial charge in [-0.3, -0.25) is 4.79 Å². The first-order valence-electron chi connectivity index (χ1n) is 12.6. The zero-order valence-corrected chi connectivity index (χ0v) is 22.4. The van der Waals surface area contributed by atoms with Gasteiger partial charge in [0.1, 0.15) is 18.3 Å². The maximum absolute atomic E-state index is 13.3. The Morgan fingerprint density at radius 1 is 1.14 bits per heavy atom. The normalized spacial score (nSPS) is 44.8. The van der Waals surface area contributed by atoms with Gasteiger partial charge in [0.15, 0.2) is 11.7 Å². The van der Waals surface area contributed by atoms with E-state index < -0.39 is 76.7 Å². The highest BCUT2D eigenvalue weighted by atomic mass is 16.7. The monoisotopic (exact) mass is 520 g/mol. The van der Waals surface area contributed by atoms with Crippen molar-refractivity contribution in [1.82, 2.24) is 0 Å². The van der Waals surface area contributed by atoms with Crippen LogP contribution in [0.2, 0.25) is 0 Å². The average molecular weight is 521 g/mol. The molecule has 0 unspecified atom stereocenters. The smallest absolute Gasteiger partial charge is 0.341 e. The van der Waals surface area contributed by atoms with Crippen molar-refractivity contribution in [1.29, 1.82) is 0 Å². The molecule has 2 heterocycles. The van der Waals surface area contributed by atoms with E-state index in [1.807, 2.05) is 0 Å². The SMILES string of the molecule is C=C1C(=O)O[C@@H]2[C@H]1[C@H](OC(=O)[C@@]1(C)O[C@H]1C)[C@@H](OC(=O)/C(C)=C\C)[C@]1(C)[C@@H]2[C@@](C)(O)CC[C@H]1OC(C)=O. The molecule has 37 heavy (non-hydrogen) atoms. The van der Waals surface area contributed by atoms with Crippen molar-refractivity contribution < 1.29 is 48.0 Å². The average Bonchev–Trinajstić information content (AvgIpc) is 3.33. The fourth-order valence-electron chi connectivity index (χ4n) is 6.47. The third-order valence-electron chi connectivity index (χ3n) is 8.89. The van der Waals surface area contributed by atoms with Crippen LogP contribution in [0.3, 0.4) is 0 Å². The molecule has 4 rings (SSSR count). The Bertz CT molecular complexity index is 1080. The van der Waals surface area contributed by atoms with Crippen LogP contribution in [0.15, 0.2) is 23.8 Å². The van der Waals surface area contributed by atoms with Crippen molar-refractivity contribution in [3.63, 3.8) is 0 Å². The molecular formula is C27H36O10. The van der Waals surface area contributed by atoms with E-state index in [-0.39, 0.29) is 24.5 Å². The van der Waals surface area contributed by atoms with Crippen molar-refractivity contribution in [2.24, 2.45) is 17.3 Å². The van der Waals surface area contributed by atoms with Crippen LogP contribution < -0.4 is 0 Å². The number of carbonyl (C=O) groups is 4. The van der Waals surface area contributed by atoms with E-state index in [9.17, 15) is 24.3 Å². The van der Waals surface area contributed by atoms with Gasteiger partial charge in [-0.05, 0) is 47.5 Å². The second-order valence-electron chi connectivity index (χ2n) is 11.3. The first-order chi connectivity index (χ1) is 17.1. The predicted octanol–water partition coefficient (Wildman–Crippen LogP) is 2.16. The van der Waals surface area contributed by atoms with Crippen LogP contribution in [-0.2, 0) is 42.9 Å². The second-order valence-corrected chi connectivity index (χ2v) is 11.3. The fourth-order valence-corrected chi connectivity index (χ4v) is 6.47. The molecule has 204 valence electrons. The van der Waals surface area contributed by atoms with Gasteiger partial charge >= 0.3 is 23.9 Å². The number of carbonyl (C=O) groups excluding carboxylic acids is 4. The molecule has 2 aliphatic carbocycles. The molecule has 2 saturated heterocycles. The van der Waals surface area contributed by atoms with Gasteiger partial charge in [-0.25, -0.2) is 14.4 Å². The summed E-state index contributed by atoms with van der Waals surface area (Å²) < 4.78 is 29.0. The molecule has 2 aliphatic heterocycles. The number of allylic oxidation sites excluding steroid dienone is 1. The number of epoxide rings is 1. The number of rotatable bonds is 5. The van der Waals surface area contributed by atoms with E-state index in [2.05, 4.69) is 6.58 Å². The Hall–Kier alpha value is -2.72. The van der Waals surface area contributed by atoms with Crippen molar-refractivity contribution in [3.05, 3.63) is 23.8 Å². The number of aliphatic hydroxyl groups is 1. The van der Waals surface area contributed by atoms with E-state index in [4.69, 9.17) is 23.7 Å². The molecule has 4 fully saturated rings. The summed E-state index contributed by atoms with van der Waals surface area (Å²) in [5.74, 6) is -4.35. The van der Waals surface area contributed by atoms with Gasteiger partial charge in [-0.1, -0.05) is 19.6 Å². The lowest BCUT2D eigenvalue weighted by Gasteiger charge is -2.61. The van der Waals surface area contributed by atoms with E-state index in [1.165, 1.54) is 6.92 Å². The Kier molecular flexibility index (Phi) is 6.60. The van der Waals surface area contributed by atoms with Gasteiger partial charge in [-0.15, -0.1) is 0 Å². The van der Waals surface area contributed by atoms with E-state index in [1.54, 1.807) is 47.6 Å². The third kappa shape index (κ3) is 4.18. The largest absolute Gasteiger partial charge is 0.462 e. The number of fused-ring (bicyclic) bond motifs is 3. The van der Waals surface area contributed by atoms with Gasteiger partial charge in [0.05, 0.1) is 23.0 Å². The number of hydrogen-bond donors (Lipinski definition) is 1. The molecule has 1 N–H and O–H groups in total. The predicted molar refractivity (Wildman–Crippen MR) is 128 cm³/mol. The van der Waals surface area contributed by atoms with Gasteiger partial charge in [0.25, 0.3) is 0 Å². The standard InChI is InChI=1S/C27H36O10/c1-9-12(2)22(29)36-21-19(35-24(31)27(8)14(4)37-27)17-13(3)23(30)34-18(17)20-25(6,32)11-10-16(26(20,21)7)33-15(5)28/h9,14,16-21,32H,3,10-11H2,1-2,4-8H3/b12-9-/t14-,16+,17-,18+,19-,20-,21+,25-,26-,27-/m0/s1.